The van der Waals surface area contributed by atoms with E-state index < -0.39 is 0 Å². The van der Waals surface area contributed by atoms with Crippen LogP contribution in [0.5, 0.6) is 11.5 Å². The van der Waals surface area contributed by atoms with Gasteiger partial charge in [0.1, 0.15) is 17.7 Å². The fourth-order valence-corrected chi connectivity index (χ4v) is 2.69. The first-order valence-corrected chi connectivity index (χ1v) is 7.70. The Morgan fingerprint density at radius 1 is 1.00 bits per heavy atom. The maximum Gasteiger partial charge on any atom is 0.187 e. The largest absolute Gasteiger partial charge is 0.493 e. The molecule has 0 fully saturated rings. The van der Waals surface area contributed by atoms with Crippen LogP contribution in [0.1, 0.15) is 5.56 Å². The van der Waals surface area contributed by atoms with Crippen LogP contribution < -0.4 is 14.4 Å². The molecule has 0 radical (unpaired) electrons. The van der Waals surface area contributed by atoms with Crippen LogP contribution in [0, 0.1) is 0 Å². The molecular weight excluding hydrogens is 304 g/mol. The van der Waals surface area contributed by atoms with Crippen molar-refractivity contribution in [2.75, 3.05) is 32.7 Å². The van der Waals surface area contributed by atoms with Crippen LogP contribution in [0.4, 0.5) is 5.82 Å². The first-order valence-electron chi connectivity index (χ1n) is 7.70. The Labute approximate surface area is 141 Å². The van der Waals surface area contributed by atoms with Crippen molar-refractivity contribution in [1.29, 1.82) is 0 Å². The predicted molar refractivity (Wildman–Crippen MR) is 93.9 cm³/mol. The van der Waals surface area contributed by atoms with E-state index in [1.165, 1.54) is 5.56 Å². The lowest BCUT2D eigenvalue weighted by Crippen LogP contribution is -2.21. The zero-order valence-electron chi connectivity index (χ0n) is 14.1. The van der Waals surface area contributed by atoms with E-state index in [2.05, 4.69) is 19.9 Å². The Morgan fingerprint density at radius 2 is 1.79 bits per heavy atom. The average molecular weight is 324 g/mol. The summed E-state index contributed by atoms with van der Waals surface area (Å²) in [5, 5.41) is 0.937. The van der Waals surface area contributed by atoms with Gasteiger partial charge in [0, 0.05) is 31.4 Å². The van der Waals surface area contributed by atoms with Crippen LogP contribution in [0.25, 0.3) is 10.9 Å². The molecule has 3 rings (SSSR count). The van der Waals surface area contributed by atoms with Gasteiger partial charge in [-0.15, -0.1) is 0 Å². The third-order valence-corrected chi connectivity index (χ3v) is 3.97. The third kappa shape index (κ3) is 3.08. The molecule has 0 atom stereocenters. The second kappa shape index (κ2) is 7.12. The van der Waals surface area contributed by atoms with Crippen molar-refractivity contribution >= 4 is 16.7 Å². The first-order chi connectivity index (χ1) is 11.7. The van der Waals surface area contributed by atoms with Crippen molar-refractivity contribution in [2.24, 2.45) is 0 Å². The van der Waals surface area contributed by atoms with Crippen LogP contribution in [-0.2, 0) is 6.42 Å². The number of ether oxygens (including phenoxy) is 2. The topological polar surface area (TPSA) is 60.4 Å². The SMILES string of the molecule is COc1ccc2c(N(C)CCc3ccncc3)ncnc2c1OC. The summed E-state index contributed by atoms with van der Waals surface area (Å²) in [7, 11) is 5.26. The second-order valence-electron chi connectivity index (χ2n) is 5.42. The van der Waals surface area contributed by atoms with E-state index in [-0.39, 0.29) is 0 Å². The summed E-state index contributed by atoms with van der Waals surface area (Å²) >= 11 is 0. The van der Waals surface area contributed by atoms with Gasteiger partial charge in [-0.05, 0) is 36.2 Å². The molecule has 0 amide bonds. The maximum atomic E-state index is 5.47. The molecular formula is C18H20N4O2. The minimum atomic E-state index is 0.626. The molecule has 0 bridgehead atoms. The van der Waals surface area contributed by atoms with Crippen molar-refractivity contribution in [3.8, 4) is 11.5 Å². The number of aromatic nitrogens is 3. The highest BCUT2D eigenvalue weighted by atomic mass is 16.5. The molecule has 24 heavy (non-hydrogen) atoms. The highest BCUT2D eigenvalue weighted by Crippen LogP contribution is 2.36. The molecule has 0 saturated carbocycles. The van der Waals surface area contributed by atoms with Gasteiger partial charge in [-0.1, -0.05) is 0 Å². The molecule has 0 unspecified atom stereocenters. The van der Waals surface area contributed by atoms with E-state index >= 15 is 0 Å². The van der Waals surface area contributed by atoms with Crippen molar-refractivity contribution in [2.45, 2.75) is 6.42 Å². The second-order valence-corrected chi connectivity index (χ2v) is 5.42. The molecule has 0 saturated heterocycles. The summed E-state index contributed by atoms with van der Waals surface area (Å²) in [5.41, 5.74) is 1.99. The summed E-state index contributed by atoms with van der Waals surface area (Å²) in [6.07, 6.45) is 6.10. The highest BCUT2D eigenvalue weighted by Gasteiger charge is 2.15. The molecule has 0 aliphatic rings. The van der Waals surface area contributed by atoms with Gasteiger partial charge in [-0.3, -0.25) is 4.98 Å². The number of methoxy groups -OCH3 is 2. The van der Waals surface area contributed by atoms with Crippen molar-refractivity contribution in [1.82, 2.24) is 15.0 Å². The van der Waals surface area contributed by atoms with Crippen LogP contribution in [0.2, 0.25) is 0 Å². The van der Waals surface area contributed by atoms with Crippen molar-refractivity contribution in [3.05, 3.63) is 48.5 Å². The van der Waals surface area contributed by atoms with Gasteiger partial charge in [-0.25, -0.2) is 9.97 Å². The molecule has 0 aliphatic heterocycles. The molecule has 2 aromatic heterocycles. The lowest BCUT2D eigenvalue weighted by atomic mass is 10.1. The maximum absolute atomic E-state index is 5.47. The summed E-state index contributed by atoms with van der Waals surface area (Å²) < 4.78 is 10.8. The Bertz CT molecular complexity index is 824. The lowest BCUT2D eigenvalue weighted by molar-refractivity contribution is 0.358. The summed E-state index contributed by atoms with van der Waals surface area (Å²) in [5.74, 6) is 2.16. The Balaban J connectivity index is 1.91. The van der Waals surface area contributed by atoms with Gasteiger partial charge >= 0.3 is 0 Å². The van der Waals surface area contributed by atoms with E-state index in [4.69, 9.17) is 9.47 Å². The summed E-state index contributed by atoms with van der Waals surface area (Å²) in [6.45, 7) is 0.838. The summed E-state index contributed by atoms with van der Waals surface area (Å²) in [4.78, 5) is 15.0. The van der Waals surface area contributed by atoms with E-state index in [0.717, 1.165) is 29.7 Å². The number of hydrogen-bond donors (Lipinski definition) is 0. The molecule has 124 valence electrons. The molecule has 6 nitrogen and oxygen atoms in total. The zero-order chi connectivity index (χ0) is 16.9. The molecule has 2 heterocycles. The van der Waals surface area contributed by atoms with E-state index in [9.17, 15) is 0 Å². The highest BCUT2D eigenvalue weighted by molar-refractivity contribution is 5.94. The van der Waals surface area contributed by atoms with Crippen molar-refractivity contribution in [3.63, 3.8) is 0 Å². The normalized spacial score (nSPS) is 10.6. The predicted octanol–water partition coefficient (Wildman–Crippen LogP) is 2.72. The van der Waals surface area contributed by atoms with Gasteiger partial charge in [-0.2, -0.15) is 0 Å². The quantitative estimate of drug-likeness (QED) is 0.695. The van der Waals surface area contributed by atoms with Crippen molar-refractivity contribution < 1.29 is 9.47 Å². The van der Waals surface area contributed by atoms with E-state index in [0.29, 0.717) is 11.5 Å². The molecule has 1 aromatic carbocycles. The summed E-state index contributed by atoms with van der Waals surface area (Å²) in [6, 6.07) is 7.90. The Hall–Kier alpha value is -2.89. The van der Waals surface area contributed by atoms with Gasteiger partial charge in [0.25, 0.3) is 0 Å². The van der Waals surface area contributed by atoms with Gasteiger partial charge < -0.3 is 14.4 Å². The monoisotopic (exact) mass is 324 g/mol. The zero-order valence-corrected chi connectivity index (χ0v) is 14.1. The number of pyridine rings is 1. The number of nitrogens with zero attached hydrogens (tertiary/aromatic N) is 4. The Morgan fingerprint density at radius 3 is 2.50 bits per heavy atom. The fourth-order valence-electron chi connectivity index (χ4n) is 2.69. The smallest absolute Gasteiger partial charge is 0.187 e. The third-order valence-electron chi connectivity index (χ3n) is 3.97. The lowest BCUT2D eigenvalue weighted by Gasteiger charge is -2.20. The molecule has 0 N–H and O–H groups in total. The minimum absolute atomic E-state index is 0.626. The molecule has 0 aliphatic carbocycles. The molecule has 3 aromatic rings. The van der Waals surface area contributed by atoms with Gasteiger partial charge in [0.05, 0.1) is 14.2 Å². The molecule has 6 heteroatoms. The van der Waals surface area contributed by atoms with Gasteiger partial charge in [0.2, 0.25) is 0 Å². The average Bonchev–Trinajstić information content (AvgIpc) is 2.65. The number of benzene rings is 1. The number of fused-ring (bicyclic) bond motifs is 1. The fraction of sp³-hybridized carbons (Fsp3) is 0.278. The minimum Gasteiger partial charge on any atom is -0.493 e. The van der Waals surface area contributed by atoms with Crippen LogP contribution in [-0.4, -0.2) is 42.8 Å². The van der Waals surface area contributed by atoms with Crippen LogP contribution in [0.15, 0.2) is 43.0 Å². The number of anilines is 1. The standard InChI is InChI=1S/C18H20N4O2/c1-22(11-8-13-6-9-19-10-7-13)18-14-4-5-15(23-2)17(24-3)16(14)20-12-21-18/h4-7,9-10,12H,8,11H2,1-3H3. The number of likely N-dealkylation sites (N-methyl/N-ethyl adjacent to an activating group) is 1. The van der Waals surface area contributed by atoms with Crippen LogP contribution >= 0.6 is 0 Å². The Kier molecular flexibility index (Phi) is 4.74. The molecule has 0 spiro atoms. The van der Waals surface area contributed by atoms with E-state index in [1.807, 2.05) is 43.7 Å². The number of hydrogen-bond acceptors (Lipinski definition) is 6. The first kappa shape index (κ1) is 16.0. The number of rotatable bonds is 6. The van der Waals surface area contributed by atoms with E-state index in [1.54, 1.807) is 20.5 Å². The van der Waals surface area contributed by atoms with Gasteiger partial charge in [0.15, 0.2) is 11.5 Å². The van der Waals surface area contributed by atoms with Crippen LogP contribution in [0.3, 0.4) is 0 Å².